The highest BCUT2D eigenvalue weighted by Crippen LogP contribution is 2.08. The third-order valence-electron chi connectivity index (χ3n) is 1.66. The van der Waals surface area contributed by atoms with Gasteiger partial charge >= 0.3 is 5.97 Å². The van der Waals surface area contributed by atoms with Gasteiger partial charge in [-0.3, -0.25) is 4.90 Å². The lowest BCUT2D eigenvalue weighted by molar-refractivity contribution is 0.0601. The second-order valence-electron chi connectivity index (χ2n) is 3.08. The predicted molar refractivity (Wildman–Crippen MR) is 53.8 cm³/mol. The number of carbonyl (C=O) groups is 1. The molecule has 0 atom stereocenters. The Balaban J connectivity index is 2.73. The standard InChI is InChI=1S/C11H13NO2/c1-12(2)8-9-4-6-10(7-5-9)11(13)14-3/h4-7H,1-3H3. The van der Waals surface area contributed by atoms with Gasteiger partial charge in [-0.1, -0.05) is 12.1 Å². The van der Waals surface area contributed by atoms with Crippen molar-refractivity contribution in [2.24, 2.45) is 0 Å². The molecular formula is C11H13NO2. The molecule has 0 aliphatic rings. The first kappa shape index (κ1) is 10.7. The predicted octanol–water partition coefficient (Wildman–Crippen LogP) is 1.42. The Hall–Kier alpha value is -1.35. The summed E-state index contributed by atoms with van der Waals surface area (Å²) in [6.45, 7) is 3.07. The molecule has 14 heavy (non-hydrogen) atoms. The van der Waals surface area contributed by atoms with Gasteiger partial charge in [0, 0.05) is 0 Å². The molecule has 1 rings (SSSR count). The third-order valence-corrected chi connectivity index (χ3v) is 1.66. The molecule has 0 spiro atoms. The molecule has 0 heterocycles. The molecule has 1 aromatic carbocycles. The summed E-state index contributed by atoms with van der Waals surface area (Å²) in [5.41, 5.74) is 1.49. The van der Waals surface area contributed by atoms with Gasteiger partial charge in [0.15, 0.2) is 0 Å². The summed E-state index contributed by atoms with van der Waals surface area (Å²) in [4.78, 5) is 12.9. The van der Waals surface area contributed by atoms with Crippen molar-refractivity contribution in [3.05, 3.63) is 41.9 Å². The molecule has 0 saturated heterocycles. The molecule has 0 bridgehead atoms. The van der Waals surface area contributed by atoms with Crippen LogP contribution in [0.4, 0.5) is 0 Å². The number of esters is 1. The topological polar surface area (TPSA) is 29.5 Å². The zero-order valence-electron chi connectivity index (χ0n) is 8.57. The molecule has 1 aromatic rings. The number of ether oxygens (including phenoxy) is 1. The largest absolute Gasteiger partial charge is 0.465 e. The van der Waals surface area contributed by atoms with Gasteiger partial charge in [-0.25, -0.2) is 4.79 Å². The summed E-state index contributed by atoms with van der Waals surface area (Å²) < 4.78 is 4.59. The molecule has 0 amide bonds. The Morgan fingerprint density at radius 2 is 1.86 bits per heavy atom. The lowest BCUT2D eigenvalue weighted by atomic mass is 10.1. The lowest BCUT2D eigenvalue weighted by Crippen LogP contribution is -2.08. The quantitative estimate of drug-likeness (QED) is 0.534. The Morgan fingerprint density at radius 3 is 2.29 bits per heavy atom. The van der Waals surface area contributed by atoms with E-state index in [1.54, 1.807) is 12.1 Å². The molecule has 0 saturated carbocycles. The number of nitrogens with zero attached hydrogens (tertiary/aromatic N) is 1. The van der Waals surface area contributed by atoms with Crippen LogP contribution in [0.5, 0.6) is 0 Å². The fourth-order valence-electron chi connectivity index (χ4n) is 1.06. The second-order valence-corrected chi connectivity index (χ2v) is 3.08. The normalized spacial score (nSPS) is 10.3. The maximum absolute atomic E-state index is 11.1. The van der Waals surface area contributed by atoms with E-state index in [1.165, 1.54) is 7.11 Å². The number of hydrogen-bond acceptors (Lipinski definition) is 3. The van der Waals surface area contributed by atoms with Gasteiger partial charge in [-0.2, -0.15) is 0 Å². The minimum absolute atomic E-state index is 0.318. The van der Waals surface area contributed by atoms with Crippen molar-refractivity contribution in [2.75, 3.05) is 21.2 Å². The summed E-state index contributed by atoms with van der Waals surface area (Å²) in [7, 11) is 5.16. The first-order chi connectivity index (χ1) is 6.63. The van der Waals surface area contributed by atoms with Gasteiger partial charge in [0.05, 0.1) is 19.2 Å². The number of carbonyl (C=O) groups excluding carboxylic acids is 1. The van der Waals surface area contributed by atoms with E-state index in [9.17, 15) is 4.79 Å². The van der Waals surface area contributed by atoms with E-state index in [-0.39, 0.29) is 5.97 Å². The van der Waals surface area contributed by atoms with E-state index >= 15 is 0 Å². The van der Waals surface area contributed by atoms with Crippen molar-refractivity contribution in [3.8, 4) is 0 Å². The van der Waals surface area contributed by atoms with Crippen LogP contribution in [-0.4, -0.2) is 32.1 Å². The first-order valence-electron chi connectivity index (χ1n) is 4.26. The average Bonchev–Trinajstić information content (AvgIpc) is 2.17. The van der Waals surface area contributed by atoms with E-state index in [0.29, 0.717) is 5.56 Å². The van der Waals surface area contributed by atoms with Crippen LogP contribution in [-0.2, 0) is 4.74 Å². The molecule has 3 heteroatoms. The Bertz CT molecular complexity index is 304. The minimum atomic E-state index is -0.318. The fraction of sp³-hybridized carbons (Fsp3) is 0.273. The average molecular weight is 191 g/mol. The first-order valence-corrected chi connectivity index (χ1v) is 4.26. The number of hydrogen-bond donors (Lipinski definition) is 0. The van der Waals surface area contributed by atoms with Gasteiger partial charge < -0.3 is 4.74 Å². The van der Waals surface area contributed by atoms with Crippen LogP contribution >= 0.6 is 0 Å². The molecule has 0 aromatic heterocycles. The summed E-state index contributed by atoms with van der Waals surface area (Å²) in [5.74, 6) is -0.318. The highest BCUT2D eigenvalue weighted by Gasteiger charge is 2.04. The van der Waals surface area contributed by atoms with E-state index in [1.807, 2.05) is 31.1 Å². The van der Waals surface area contributed by atoms with E-state index in [4.69, 9.17) is 0 Å². The van der Waals surface area contributed by atoms with Crippen molar-refractivity contribution in [1.29, 1.82) is 0 Å². The van der Waals surface area contributed by atoms with Crippen LogP contribution in [0, 0.1) is 6.54 Å². The minimum Gasteiger partial charge on any atom is -0.465 e. The van der Waals surface area contributed by atoms with Crippen molar-refractivity contribution >= 4 is 5.97 Å². The smallest absolute Gasteiger partial charge is 0.337 e. The van der Waals surface area contributed by atoms with E-state index in [2.05, 4.69) is 11.3 Å². The molecule has 0 N–H and O–H groups in total. The molecule has 0 unspecified atom stereocenters. The SMILES string of the molecule is COC(=O)c1ccc([C]N(C)C)cc1. The lowest BCUT2D eigenvalue weighted by Gasteiger charge is -2.07. The molecule has 2 radical (unpaired) electrons. The maximum atomic E-state index is 11.1. The van der Waals surface area contributed by atoms with Gasteiger partial charge in [0.2, 0.25) is 0 Å². The second kappa shape index (κ2) is 4.77. The van der Waals surface area contributed by atoms with Crippen LogP contribution in [0.1, 0.15) is 15.9 Å². The molecule has 74 valence electrons. The molecule has 0 aliphatic heterocycles. The Morgan fingerprint density at radius 1 is 1.29 bits per heavy atom. The summed E-state index contributed by atoms with van der Waals surface area (Å²) in [6.07, 6.45) is 0. The van der Waals surface area contributed by atoms with Gasteiger partial charge in [-0.15, -0.1) is 0 Å². The number of rotatable bonds is 3. The highest BCUT2D eigenvalue weighted by molar-refractivity contribution is 5.89. The van der Waals surface area contributed by atoms with Crippen LogP contribution in [0.3, 0.4) is 0 Å². The van der Waals surface area contributed by atoms with Crippen molar-refractivity contribution in [3.63, 3.8) is 0 Å². The molecule has 3 nitrogen and oxygen atoms in total. The van der Waals surface area contributed by atoms with Crippen LogP contribution in [0.25, 0.3) is 0 Å². The number of methoxy groups -OCH3 is 1. The van der Waals surface area contributed by atoms with Gasteiger partial charge in [0.25, 0.3) is 0 Å². The van der Waals surface area contributed by atoms with Crippen molar-refractivity contribution in [1.82, 2.24) is 4.90 Å². The maximum Gasteiger partial charge on any atom is 0.337 e. The molecule has 0 aliphatic carbocycles. The van der Waals surface area contributed by atoms with Crippen LogP contribution in [0.15, 0.2) is 24.3 Å². The molecule has 0 fully saturated rings. The summed E-state index contributed by atoms with van der Waals surface area (Å²) in [6, 6.07) is 7.09. The Labute approximate surface area is 84.3 Å². The van der Waals surface area contributed by atoms with Gasteiger partial charge in [-0.05, 0) is 31.8 Å². The molecular weight excluding hydrogens is 178 g/mol. The zero-order valence-corrected chi connectivity index (χ0v) is 8.57. The van der Waals surface area contributed by atoms with Crippen molar-refractivity contribution in [2.45, 2.75) is 0 Å². The summed E-state index contributed by atoms with van der Waals surface area (Å²) >= 11 is 0. The Kier molecular flexibility index (Phi) is 3.65. The third kappa shape index (κ3) is 2.85. The van der Waals surface area contributed by atoms with E-state index < -0.39 is 0 Å². The van der Waals surface area contributed by atoms with Gasteiger partial charge in [0.1, 0.15) is 0 Å². The van der Waals surface area contributed by atoms with Crippen molar-refractivity contribution < 1.29 is 9.53 Å². The zero-order chi connectivity index (χ0) is 10.6. The number of benzene rings is 1. The van der Waals surface area contributed by atoms with Crippen LogP contribution < -0.4 is 0 Å². The monoisotopic (exact) mass is 191 g/mol. The fourth-order valence-corrected chi connectivity index (χ4v) is 1.06. The van der Waals surface area contributed by atoms with Crippen LogP contribution in [0.2, 0.25) is 0 Å². The van der Waals surface area contributed by atoms with E-state index in [0.717, 1.165) is 5.56 Å². The summed E-state index contributed by atoms with van der Waals surface area (Å²) in [5, 5.41) is 0. The highest BCUT2D eigenvalue weighted by atomic mass is 16.5.